The average Bonchev–Trinajstić information content (AvgIpc) is 3.29. The van der Waals surface area contributed by atoms with E-state index in [0.717, 1.165) is 18.4 Å². The maximum atomic E-state index is 12.4. The number of fused-ring (bicyclic) bond motifs is 1. The van der Waals surface area contributed by atoms with E-state index in [2.05, 4.69) is 44.7 Å². The van der Waals surface area contributed by atoms with Gasteiger partial charge >= 0.3 is 6.01 Å². The van der Waals surface area contributed by atoms with Gasteiger partial charge in [0.1, 0.15) is 0 Å². The van der Waals surface area contributed by atoms with Crippen LogP contribution >= 0.6 is 0 Å². The standard InChI is InChI=1S/C20H20N4O2/c1-24(17-12-11-14-7-5-6-10-16(14)17)13-18(25)21-20-23-22-19(26-20)15-8-3-2-4-9-15/h2-10,17H,11-13H2,1H3,(H,21,23,25). The van der Waals surface area contributed by atoms with E-state index in [9.17, 15) is 4.79 Å². The Morgan fingerprint density at radius 2 is 1.92 bits per heavy atom. The summed E-state index contributed by atoms with van der Waals surface area (Å²) in [6.07, 6.45) is 2.08. The van der Waals surface area contributed by atoms with Gasteiger partial charge in [-0.05, 0) is 43.1 Å². The molecule has 132 valence electrons. The molecule has 6 nitrogen and oxygen atoms in total. The molecular formula is C20H20N4O2. The predicted octanol–water partition coefficient (Wildman–Crippen LogP) is 3.29. The van der Waals surface area contributed by atoms with Crippen molar-refractivity contribution in [2.75, 3.05) is 18.9 Å². The number of likely N-dealkylation sites (N-methyl/N-ethyl adjacent to an activating group) is 1. The highest BCUT2D eigenvalue weighted by molar-refractivity contribution is 5.90. The first-order valence-corrected chi connectivity index (χ1v) is 8.67. The fourth-order valence-electron chi connectivity index (χ4n) is 3.46. The van der Waals surface area contributed by atoms with Gasteiger partial charge in [0.05, 0.1) is 6.54 Å². The average molecular weight is 348 g/mol. The molecule has 1 aliphatic carbocycles. The molecule has 0 saturated carbocycles. The fourth-order valence-corrected chi connectivity index (χ4v) is 3.46. The molecule has 0 saturated heterocycles. The van der Waals surface area contributed by atoms with Crippen LogP contribution < -0.4 is 5.32 Å². The van der Waals surface area contributed by atoms with Crippen molar-refractivity contribution >= 4 is 11.9 Å². The molecule has 2 aromatic carbocycles. The molecule has 1 heterocycles. The van der Waals surface area contributed by atoms with Crippen LogP contribution in [-0.4, -0.2) is 34.6 Å². The van der Waals surface area contributed by atoms with Crippen molar-refractivity contribution < 1.29 is 9.21 Å². The third-order valence-corrected chi connectivity index (χ3v) is 4.72. The summed E-state index contributed by atoms with van der Waals surface area (Å²) in [6.45, 7) is 0.266. The van der Waals surface area contributed by atoms with Crippen LogP contribution in [0.2, 0.25) is 0 Å². The van der Waals surface area contributed by atoms with Crippen LogP contribution in [0.25, 0.3) is 11.5 Å². The molecule has 1 aliphatic rings. The summed E-state index contributed by atoms with van der Waals surface area (Å²) in [5.74, 6) is 0.221. The Morgan fingerprint density at radius 3 is 2.77 bits per heavy atom. The van der Waals surface area contributed by atoms with E-state index < -0.39 is 0 Å². The predicted molar refractivity (Wildman–Crippen MR) is 98.5 cm³/mol. The number of carbonyl (C=O) groups excluding carboxylic acids is 1. The zero-order valence-corrected chi connectivity index (χ0v) is 14.6. The number of aryl methyl sites for hydroxylation is 1. The van der Waals surface area contributed by atoms with Crippen molar-refractivity contribution in [2.45, 2.75) is 18.9 Å². The first kappa shape index (κ1) is 16.5. The highest BCUT2D eigenvalue weighted by atomic mass is 16.4. The van der Waals surface area contributed by atoms with E-state index in [1.165, 1.54) is 11.1 Å². The van der Waals surface area contributed by atoms with Crippen LogP contribution in [0.1, 0.15) is 23.6 Å². The maximum Gasteiger partial charge on any atom is 0.322 e. The van der Waals surface area contributed by atoms with Crippen molar-refractivity contribution in [1.29, 1.82) is 0 Å². The van der Waals surface area contributed by atoms with Gasteiger partial charge < -0.3 is 4.42 Å². The van der Waals surface area contributed by atoms with E-state index in [-0.39, 0.29) is 24.5 Å². The Hall–Kier alpha value is -2.99. The summed E-state index contributed by atoms with van der Waals surface area (Å²) in [6, 6.07) is 18.3. The van der Waals surface area contributed by atoms with Crippen molar-refractivity contribution in [1.82, 2.24) is 15.1 Å². The highest BCUT2D eigenvalue weighted by Crippen LogP contribution is 2.34. The Bertz CT molecular complexity index is 907. The molecule has 1 aromatic heterocycles. The SMILES string of the molecule is CN(CC(=O)Nc1nnc(-c2ccccc2)o1)C1CCc2ccccc21. The summed E-state index contributed by atoms with van der Waals surface area (Å²) in [5.41, 5.74) is 3.50. The molecule has 6 heteroatoms. The molecule has 0 spiro atoms. The second-order valence-electron chi connectivity index (χ2n) is 6.49. The number of anilines is 1. The Labute approximate surface area is 151 Å². The number of benzene rings is 2. The molecule has 0 aliphatic heterocycles. The molecule has 0 bridgehead atoms. The van der Waals surface area contributed by atoms with E-state index >= 15 is 0 Å². The second-order valence-corrected chi connectivity index (χ2v) is 6.49. The lowest BCUT2D eigenvalue weighted by molar-refractivity contribution is -0.117. The van der Waals surface area contributed by atoms with E-state index in [1.807, 2.05) is 37.4 Å². The fraction of sp³-hybridized carbons (Fsp3) is 0.250. The van der Waals surface area contributed by atoms with E-state index in [4.69, 9.17) is 4.42 Å². The minimum absolute atomic E-state index is 0.120. The highest BCUT2D eigenvalue weighted by Gasteiger charge is 2.26. The smallest absolute Gasteiger partial charge is 0.322 e. The molecule has 1 amide bonds. The monoisotopic (exact) mass is 348 g/mol. The van der Waals surface area contributed by atoms with Crippen LogP contribution in [0.15, 0.2) is 59.0 Å². The maximum absolute atomic E-state index is 12.4. The van der Waals surface area contributed by atoms with Gasteiger partial charge in [0.2, 0.25) is 11.8 Å². The number of amides is 1. The summed E-state index contributed by atoms with van der Waals surface area (Å²) in [7, 11) is 1.97. The minimum atomic E-state index is -0.167. The molecule has 26 heavy (non-hydrogen) atoms. The lowest BCUT2D eigenvalue weighted by atomic mass is 10.1. The van der Waals surface area contributed by atoms with E-state index in [1.54, 1.807) is 0 Å². The molecular weight excluding hydrogens is 328 g/mol. The van der Waals surface area contributed by atoms with Gasteiger partial charge in [-0.1, -0.05) is 47.6 Å². The number of nitrogens with zero attached hydrogens (tertiary/aromatic N) is 3. The number of aromatic nitrogens is 2. The van der Waals surface area contributed by atoms with Gasteiger partial charge in [0, 0.05) is 11.6 Å². The van der Waals surface area contributed by atoms with Crippen LogP contribution in [-0.2, 0) is 11.2 Å². The number of hydrogen-bond acceptors (Lipinski definition) is 5. The summed E-state index contributed by atoms with van der Waals surface area (Å²) in [4.78, 5) is 14.4. The lowest BCUT2D eigenvalue weighted by Crippen LogP contribution is -2.32. The number of rotatable bonds is 5. The second kappa shape index (κ2) is 7.09. The zero-order chi connectivity index (χ0) is 17.9. The van der Waals surface area contributed by atoms with Crippen LogP contribution in [0.4, 0.5) is 6.01 Å². The minimum Gasteiger partial charge on any atom is -0.403 e. The van der Waals surface area contributed by atoms with E-state index in [0.29, 0.717) is 5.89 Å². The molecule has 3 aromatic rings. The first-order chi connectivity index (χ1) is 12.7. The molecule has 1 N–H and O–H groups in total. The van der Waals surface area contributed by atoms with Gasteiger partial charge in [-0.2, -0.15) is 0 Å². The number of nitrogens with one attached hydrogen (secondary N) is 1. The Balaban J connectivity index is 1.38. The largest absolute Gasteiger partial charge is 0.403 e. The third-order valence-electron chi connectivity index (χ3n) is 4.72. The molecule has 0 fully saturated rings. The Morgan fingerprint density at radius 1 is 1.15 bits per heavy atom. The lowest BCUT2D eigenvalue weighted by Gasteiger charge is -2.24. The molecule has 1 atom stereocenters. The zero-order valence-electron chi connectivity index (χ0n) is 14.6. The quantitative estimate of drug-likeness (QED) is 0.766. The van der Waals surface area contributed by atoms with Crippen LogP contribution in [0.5, 0.6) is 0 Å². The van der Waals surface area contributed by atoms with Crippen molar-refractivity contribution in [2.24, 2.45) is 0 Å². The van der Waals surface area contributed by atoms with Crippen molar-refractivity contribution in [3.05, 3.63) is 65.7 Å². The van der Waals surface area contributed by atoms with Gasteiger partial charge in [0.25, 0.3) is 0 Å². The molecule has 0 radical (unpaired) electrons. The number of hydrogen-bond donors (Lipinski definition) is 1. The van der Waals surface area contributed by atoms with Gasteiger partial charge in [-0.25, -0.2) is 0 Å². The summed E-state index contributed by atoms with van der Waals surface area (Å²) >= 11 is 0. The van der Waals surface area contributed by atoms with Crippen LogP contribution in [0.3, 0.4) is 0 Å². The van der Waals surface area contributed by atoms with Gasteiger partial charge in [-0.15, -0.1) is 5.10 Å². The van der Waals surface area contributed by atoms with Gasteiger partial charge in [-0.3, -0.25) is 15.0 Å². The van der Waals surface area contributed by atoms with Crippen molar-refractivity contribution in [3.63, 3.8) is 0 Å². The van der Waals surface area contributed by atoms with Crippen molar-refractivity contribution in [3.8, 4) is 11.5 Å². The first-order valence-electron chi connectivity index (χ1n) is 8.67. The van der Waals surface area contributed by atoms with Crippen LogP contribution in [0, 0.1) is 0 Å². The Kier molecular flexibility index (Phi) is 4.50. The normalized spacial score (nSPS) is 15.8. The summed E-state index contributed by atoms with van der Waals surface area (Å²) < 4.78 is 5.53. The topological polar surface area (TPSA) is 71.3 Å². The van der Waals surface area contributed by atoms with Gasteiger partial charge in [0.15, 0.2) is 0 Å². The molecule has 1 unspecified atom stereocenters. The third kappa shape index (κ3) is 3.36. The molecule has 4 rings (SSSR count). The summed E-state index contributed by atoms with van der Waals surface area (Å²) in [5, 5.41) is 10.6. The number of carbonyl (C=O) groups is 1.